The van der Waals surface area contributed by atoms with Crippen molar-refractivity contribution in [2.45, 2.75) is 45.6 Å². The maximum absolute atomic E-state index is 12.4. The number of benzene rings is 2. The summed E-state index contributed by atoms with van der Waals surface area (Å²) in [6, 6.07) is 15.8. The van der Waals surface area contributed by atoms with Crippen LogP contribution in [0.15, 0.2) is 48.5 Å². The zero-order valence-electron chi connectivity index (χ0n) is 19.3. The zero-order valence-corrected chi connectivity index (χ0v) is 19.3. The number of fused-ring (bicyclic) bond motifs is 3. The fourth-order valence-corrected chi connectivity index (χ4v) is 4.26. The van der Waals surface area contributed by atoms with Gasteiger partial charge in [-0.05, 0) is 41.0 Å². The van der Waals surface area contributed by atoms with Crippen LogP contribution in [0.1, 0.15) is 50.7 Å². The molecule has 2 aromatic rings. The van der Waals surface area contributed by atoms with E-state index >= 15 is 0 Å². The lowest BCUT2D eigenvalue weighted by Gasteiger charge is -2.20. The quantitative estimate of drug-likeness (QED) is 0.502. The number of amides is 2. The number of carboxylic acid groups (broad SMARTS) is 1. The first-order chi connectivity index (χ1) is 15.8. The standard InChI is InChI=1S/C26H32N2O5/c1-16(2)18(13-25(30)31)14-27-24(29)12-17(3)28-26(32)33-15-23-21-10-6-4-8-19(21)20-9-5-7-11-22(20)23/h4-11,16-18,23H,12-15H2,1-3H3,(H,27,29)(H,28,32)(H,30,31)/t17-,18?/m1/s1. The molecular weight excluding hydrogens is 420 g/mol. The van der Waals surface area contributed by atoms with Gasteiger partial charge in [0.15, 0.2) is 0 Å². The van der Waals surface area contributed by atoms with Crippen LogP contribution >= 0.6 is 0 Å². The first-order valence-corrected chi connectivity index (χ1v) is 11.4. The number of ether oxygens (including phenoxy) is 1. The molecular formula is C26H32N2O5. The molecule has 0 aliphatic heterocycles. The van der Waals surface area contributed by atoms with Gasteiger partial charge in [0, 0.05) is 24.9 Å². The minimum atomic E-state index is -0.881. The van der Waals surface area contributed by atoms with E-state index in [4.69, 9.17) is 9.84 Å². The van der Waals surface area contributed by atoms with Crippen molar-refractivity contribution >= 4 is 18.0 Å². The van der Waals surface area contributed by atoms with E-state index < -0.39 is 18.1 Å². The second kappa shape index (κ2) is 11.0. The van der Waals surface area contributed by atoms with Gasteiger partial charge in [-0.15, -0.1) is 0 Å². The van der Waals surface area contributed by atoms with E-state index in [-0.39, 0.29) is 43.1 Å². The van der Waals surface area contributed by atoms with Gasteiger partial charge in [-0.1, -0.05) is 62.4 Å². The molecule has 2 atom stereocenters. The fourth-order valence-electron chi connectivity index (χ4n) is 4.26. The summed E-state index contributed by atoms with van der Waals surface area (Å²) >= 11 is 0. The maximum atomic E-state index is 12.4. The van der Waals surface area contributed by atoms with Crippen molar-refractivity contribution in [2.75, 3.05) is 13.2 Å². The van der Waals surface area contributed by atoms with Gasteiger partial charge < -0.3 is 20.5 Å². The minimum Gasteiger partial charge on any atom is -0.481 e. The lowest BCUT2D eigenvalue weighted by molar-refractivity contribution is -0.138. The average Bonchev–Trinajstić information content (AvgIpc) is 3.08. The van der Waals surface area contributed by atoms with E-state index in [0.29, 0.717) is 6.54 Å². The Balaban J connectivity index is 1.47. The summed E-state index contributed by atoms with van der Waals surface area (Å²) in [5, 5.41) is 14.5. The molecule has 3 rings (SSSR count). The smallest absolute Gasteiger partial charge is 0.407 e. The molecule has 2 amide bonds. The Morgan fingerprint density at radius 1 is 0.939 bits per heavy atom. The summed E-state index contributed by atoms with van der Waals surface area (Å²) in [5.41, 5.74) is 4.60. The van der Waals surface area contributed by atoms with Gasteiger partial charge in [-0.3, -0.25) is 9.59 Å². The first kappa shape index (κ1) is 24.3. The number of carboxylic acids is 1. The number of carbonyl (C=O) groups is 3. The van der Waals surface area contributed by atoms with E-state index in [1.807, 2.05) is 38.1 Å². The molecule has 0 heterocycles. The third kappa shape index (κ3) is 6.34. The van der Waals surface area contributed by atoms with E-state index in [1.54, 1.807) is 6.92 Å². The molecule has 0 radical (unpaired) electrons. The molecule has 1 aliphatic carbocycles. The normalized spacial score (nSPS) is 14.2. The third-order valence-corrected chi connectivity index (χ3v) is 6.14. The van der Waals surface area contributed by atoms with Gasteiger partial charge in [-0.2, -0.15) is 0 Å². The van der Waals surface area contributed by atoms with Gasteiger partial charge in [-0.25, -0.2) is 4.79 Å². The molecule has 0 spiro atoms. The van der Waals surface area contributed by atoms with Crippen molar-refractivity contribution in [3.05, 3.63) is 59.7 Å². The van der Waals surface area contributed by atoms with Crippen molar-refractivity contribution in [1.82, 2.24) is 10.6 Å². The molecule has 0 bridgehead atoms. The predicted octanol–water partition coefficient (Wildman–Crippen LogP) is 4.17. The lowest BCUT2D eigenvalue weighted by Crippen LogP contribution is -2.39. The molecule has 1 unspecified atom stereocenters. The summed E-state index contributed by atoms with van der Waals surface area (Å²) < 4.78 is 5.52. The SMILES string of the molecule is CC(C)C(CNC(=O)C[C@@H](C)NC(=O)OCC1c2ccccc2-c2ccccc21)CC(=O)O. The Hall–Kier alpha value is -3.35. The predicted molar refractivity (Wildman–Crippen MR) is 126 cm³/mol. The Bertz CT molecular complexity index is 958. The monoisotopic (exact) mass is 452 g/mol. The van der Waals surface area contributed by atoms with Crippen molar-refractivity contribution in [3.8, 4) is 11.1 Å². The number of hydrogen-bond acceptors (Lipinski definition) is 4. The Morgan fingerprint density at radius 2 is 1.52 bits per heavy atom. The van der Waals surface area contributed by atoms with Crippen LogP contribution in [-0.4, -0.2) is 42.3 Å². The Labute approximate surface area is 194 Å². The lowest BCUT2D eigenvalue weighted by atomic mass is 9.92. The largest absolute Gasteiger partial charge is 0.481 e. The van der Waals surface area contributed by atoms with Crippen LogP contribution in [0.5, 0.6) is 0 Å². The minimum absolute atomic E-state index is 0.00546. The molecule has 0 fully saturated rings. The highest BCUT2D eigenvalue weighted by Crippen LogP contribution is 2.44. The molecule has 0 aromatic heterocycles. The first-order valence-electron chi connectivity index (χ1n) is 11.4. The second-order valence-electron chi connectivity index (χ2n) is 8.98. The summed E-state index contributed by atoms with van der Waals surface area (Å²) in [7, 11) is 0. The molecule has 0 saturated heterocycles. The van der Waals surface area contributed by atoms with Crippen LogP contribution in [0.4, 0.5) is 4.79 Å². The molecule has 0 saturated carbocycles. The summed E-state index contributed by atoms with van der Waals surface area (Å²) in [6.07, 6.45) is -0.476. The van der Waals surface area contributed by atoms with Gasteiger partial charge in [0.1, 0.15) is 6.61 Å². The van der Waals surface area contributed by atoms with Crippen LogP contribution in [0.3, 0.4) is 0 Å². The fraction of sp³-hybridized carbons (Fsp3) is 0.423. The van der Waals surface area contributed by atoms with Gasteiger partial charge in [0.2, 0.25) is 5.91 Å². The van der Waals surface area contributed by atoms with Crippen LogP contribution in [-0.2, 0) is 14.3 Å². The van der Waals surface area contributed by atoms with E-state index in [9.17, 15) is 14.4 Å². The molecule has 7 nitrogen and oxygen atoms in total. The van der Waals surface area contributed by atoms with Gasteiger partial charge in [0.05, 0.1) is 6.42 Å². The number of aliphatic carboxylic acids is 1. The van der Waals surface area contributed by atoms with Crippen molar-refractivity contribution in [1.29, 1.82) is 0 Å². The average molecular weight is 453 g/mol. The van der Waals surface area contributed by atoms with Crippen molar-refractivity contribution < 1.29 is 24.2 Å². The highest BCUT2D eigenvalue weighted by molar-refractivity contribution is 5.79. The van der Waals surface area contributed by atoms with E-state index in [0.717, 1.165) is 22.3 Å². The van der Waals surface area contributed by atoms with Gasteiger partial charge >= 0.3 is 12.1 Å². The number of carbonyl (C=O) groups excluding carboxylic acids is 2. The molecule has 176 valence electrons. The second-order valence-corrected chi connectivity index (χ2v) is 8.98. The molecule has 2 aromatic carbocycles. The highest BCUT2D eigenvalue weighted by atomic mass is 16.5. The Kier molecular flexibility index (Phi) is 8.09. The number of alkyl carbamates (subject to hydrolysis) is 1. The number of nitrogens with one attached hydrogen (secondary N) is 2. The zero-order chi connectivity index (χ0) is 24.0. The van der Waals surface area contributed by atoms with Gasteiger partial charge in [0.25, 0.3) is 0 Å². The van der Waals surface area contributed by atoms with Crippen LogP contribution < -0.4 is 10.6 Å². The van der Waals surface area contributed by atoms with Crippen molar-refractivity contribution in [3.63, 3.8) is 0 Å². The van der Waals surface area contributed by atoms with E-state index in [1.165, 1.54) is 0 Å². The number of hydrogen-bond donors (Lipinski definition) is 3. The maximum Gasteiger partial charge on any atom is 0.407 e. The van der Waals surface area contributed by atoms with Crippen LogP contribution in [0.25, 0.3) is 11.1 Å². The van der Waals surface area contributed by atoms with E-state index in [2.05, 4.69) is 34.9 Å². The van der Waals surface area contributed by atoms with Crippen molar-refractivity contribution in [2.24, 2.45) is 11.8 Å². The molecule has 3 N–H and O–H groups in total. The Morgan fingerprint density at radius 3 is 2.06 bits per heavy atom. The van der Waals surface area contributed by atoms with Crippen LogP contribution in [0.2, 0.25) is 0 Å². The summed E-state index contributed by atoms with van der Waals surface area (Å²) in [6.45, 7) is 6.10. The summed E-state index contributed by atoms with van der Waals surface area (Å²) in [4.78, 5) is 35.6. The number of rotatable bonds is 10. The third-order valence-electron chi connectivity index (χ3n) is 6.14. The van der Waals surface area contributed by atoms with Crippen LogP contribution in [0, 0.1) is 11.8 Å². The molecule has 1 aliphatic rings. The highest BCUT2D eigenvalue weighted by Gasteiger charge is 2.29. The topological polar surface area (TPSA) is 105 Å². The molecule has 7 heteroatoms. The molecule has 33 heavy (non-hydrogen) atoms. The summed E-state index contributed by atoms with van der Waals surface area (Å²) in [5.74, 6) is -1.15.